The minimum absolute atomic E-state index is 0. The second-order valence-electron chi connectivity index (χ2n) is 19.9. The monoisotopic (exact) mass is 963 g/mol. The Hall–Kier alpha value is -3.43. The van der Waals surface area contributed by atoms with Gasteiger partial charge < -0.3 is 46.9 Å². The molecule has 4 N–H and O–H groups in total. The van der Waals surface area contributed by atoms with E-state index in [-0.39, 0.29) is 66.8 Å². The molecule has 5 aliphatic heterocycles. The van der Waals surface area contributed by atoms with Crippen molar-refractivity contribution in [2.75, 3.05) is 32.8 Å². The third kappa shape index (κ3) is 17.8. The number of nitrogens with zero attached hydrogens (tertiary/aromatic N) is 2. The van der Waals surface area contributed by atoms with E-state index in [0.717, 1.165) is 109 Å². The molecule has 16 heteroatoms. The van der Waals surface area contributed by atoms with Crippen molar-refractivity contribution < 1.29 is 59.9 Å². The number of esters is 2. The predicted octanol–water partition coefficient (Wildman–Crippen LogP) is 4.05. The number of hydrogen-bond donors (Lipinski definition) is 4. The van der Waals surface area contributed by atoms with Gasteiger partial charge in [-0.1, -0.05) is 89.7 Å². The van der Waals surface area contributed by atoms with Crippen LogP contribution in [0, 0.1) is 5.92 Å². The van der Waals surface area contributed by atoms with Crippen LogP contribution in [0.5, 0.6) is 0 Å². The third-order valence-electron chi connectivity index (χ3n) is 14.3. The van der Waals surface area contributed by atoms with Gasteiger partial charge in [0.2, 0.25) is 23.4 Å². The Morgan fingerprint density at radius 2 is 1.49 bits per heavy atom. The zero-order valence-corrected chi connectivity index (χ0v) is 42.5. The molecule has 2 spiro atoms. The van der Waals surface area contributed by atoms with Crippen molar-refractivity contribution in [1.29, 1.82) is 0 Å². The maximum absolute atomic E-state index is 14.1. The molecule has 382 valence electrons. The Kier molecular flexibility index (Phi) is 24.2. The van der Waals surface area contributed by atoms with E-state index in [9.17, 15) is 24.0 Å². The van der Waals surface area contributed by atoms with E-state index in [0.29, 0.717) is 51.5 Å². The van der Waals surface area contributed by atoms with E-state index in [1.807, 2.05) is 0 Å². The SMILES string of the molecule is CC[C@H]1C=CCC[C@@]2(C[C@@H]3CC[C@@H]4[C@H](C(=O)OCCCCCCCCCCCCCCCC(=O)N(CCCNC(C)=O)C[C@H](CCNC(C)=O)OC(C)=O)[C@]5(CCC[C@@H](C)O5)NC(=[N+]34)N2)O1.[Cl-]. The first-order valence-corrected chi connectivity index (χ1v) is 26.2. The molecule has 5 rings (SSSR count). The van der Waals surface area contributed by atoms with Gasteiger partial charge in [0.25, 0.3) is 0 Å². The molecule has 0 saturated carbocycles. The molecule has 67 heavy (non-hydrogen) atoms. The molecule has 3 amide bonds. The molecule has 0 radical (unpaired) electrons. The van der Waals surface area contributed by atoms with Gasteiger partial charge in [0.15, 0.2) is 11.6 Å². The third-order valence-corrected chi connectivity index (χ3v) is 14.3. The molecule has 2 saturated heterocycles. The number of nitrogens with one attached hydrogen (secondary N) is 4. The molecular formula is C51H87ClN6O9. The summed E-state index contributed by atoms with van der Waals surface area (Å²) in [6, 6.07) is 0.356. The van der Waals surface area contributed by atoms with Crippen LogP contribution in [0.3, 0.4) is 0 Å². The fourth-order valence-electron chi connectivity index (χ4n) is 11.1. The number of hydrogen-bond acceptors (Lipinski definition) is 11. The number of allylic oxidation sites excluding steroid dienone is 1. The van der Waals surface area contributed by atoms with Crippen LogP contribution in [0.25, 0.3) is 0 Å². The highest BCUT2D eigenvalue weighted by Gasteiger charge is 2.64. The lowest BCUT2D eigenvalue weighted by Crippen LogP contribution is -3.00. The van der Waals surface area contributed by atoms with Crippen molar-refractivity contribution in [3.63, 3.8) is 0 Å². The van der Waals surface area contributed by atoms with E-state index >= 15 is 0 Å². The van der Waals surface area contributed by atoms with Crippen LogP contribution >= 0.6 is 0 Å². The molecule has 0 aromatic rings. The number of rotatable bonds is 28. The minimum Gasteiger partial charge on any atom is -1.00 e. The number of carbonyl (C=O) groups excluding carboxylic acids is 5. The Labute approximate surface area is 408 Å². The van der Waals surface area contributed by atoms with Gasteiger partial charge in [-0.2, -0.15) is 0 Å². The van der Waals surface area contributed by atoms with Crippen molar-refractivity contribution in [3.05, 3.63) is 12.2 Å². The predicted molar refractivity (Wildman–Crippen MR) is 254 cm³/mol. The first-order chi connectivity index (χ1) is 31.8. The minimum atomic E-state index is -0.781. The highest BCUT2D eigenvalue weighted by Crippen LogP contribution is 2.46. The zero-order valence-electron chi connectivity index (χ0n) is 41.8. The number of guanidine groups is 1. The molecule has 0 unspecified atom stereocenters. The van der Waals surface area contributed by atoms with Gasteiger partial charge in [0, 0.05) is 72.5 Å². The van der Waals surface area contributed by atoms with E-state index in [2.05, 4.69) is 51.8 Å². The van der Waals surface area contributed by atoms with Crippen molar-refractivity contribution in [2.24, 2.45) is 5.92 Å². The second-order valence-corrected chi connectivity index (χ2v) is 19.9. The highest BCUT2D eigenvalue weighted by atomic mass is 35.5. The van der Waals surface area contributed by atoms with Gasteiger partial charge in [0.1, 0.15) is 6.10 Å². The molecule has 5 aliphatic rings. The van der Waals surface area contributed by atoms with Gasteiger partial charge in [-0.15, -0.1) is 0 Å². The van der Waals surface area contributed by atoms with E-state index in [4.69, 9.17) is 18.9 Å². The largest absolute Gasteiger partial charge is 1.00 e. The summed E-state index contributed by atoms with van der Waals surface area (Å²) < 4.78 is 27.6. The standard InChI is InChI=1S/C51H86N6O9.ClH/c1-6-43-25-19-20-30-50(66-43)36-42-27-28-45-47(51(31-22-24-38(2)65-51)55-49(54-50)57(42)45)48(62)63-35-21-17-15-13-11-9-7-8-10-12-14-16-18-26-46(61)56(34-23-32-52-39(3)58)37-44(64-41(5)60)29-33-53-40(4)59;/h19,25,38,42-45,47H,6-18,20-24,26-37H2,1-5H3,(H3,52,53,54,55,58,59);1H/t38-,42+,43+,44+,45-,47-,50+,51-;/m1./s1. The zero-order chi connectivity index (χ0) is 47.4. The molecule has 0 aromatic carbocycles. The van der Waals surface area contributed by atoms with Crippen LogP contribution in [0.1, 0.15) is 195 Å². The van der Waals surface area contributed by atoms with Gasteiger partial charge in [-0.3, -0.25) is 28.5 Å². The topological polar surface area (TPSA) is 177 Å². The maximum Gasteiger partial charge on any atom is 0.350 e. The Bertz CT molecular complexity index is 1650. The second kappa shape index (κ2) is 28.9. The summed E-state index contributed by atoms with van der Waals surface area (Å²) >= 11 is 0. The van der Waals surface area contributed by atoms with Crippen LogP contribution in [-0.4, -0.2) is 120 Å². The molecule has 0 bridgehead atoms. The van der Waals surface area contributed by atoms with Gasteiger partial charge in [-0.25, -0.2) is 10.6 Å². The maximum atomic E-state index is 14.1. The first kappa shape index (κ1) is 56.2. The molecule has 0 aromatic heterocycles. The van der Waals surface area contributed by atoms with Crippen molar-refractivity contribution in [1.82, 2.24) is 26.2 Å². The van der Waals surface area contributed by atoms with Gasteiger partial charge in [-0.05, 0) is 64.7 Å². The van der Waals surface area contributed by atoms with Crippen molar-refractivity contribution >= 4 is 35.6 Å². The summed E-state index contributed by atoms with van der Waals surface area (Å²) in [6.07, 6.45) is 28.6. The number of amides is 3. The lowest BCUT2D eigenvalue weighted by molar-refractivity contribution is -0.609. The molecule has 5 heterocycles. The van der Waals surface area contributed by atoms with Crippen LogP contribution < -0.4 is 33.7 Å². The molecule has 15 nitrogen and oxygen atoms in total. The summed E-state index contributed by atoms with van der Waals surface area (Å²) in [4.78, 5) is 63.6. The molecule has 0 aliphatic carbocycles. The normalized spacial score (nSPS) is 26.6. The fraction of sp³-hybridized carbons (Fsp3) is 0.843. The number of unbranched alkanes of at least 4 members (excludes halogenated alkanes) is 12. The van der Waals surface area contributed by atoms with Crippen LogP contribution in [0.15, 0.2) is 12.2 Å². The number of ether oxygens (including phenoxy) is 4. The summed E-state index contributed by atoms with van der Waals surface area (Å²) in [7, 11) is 0. The lowest BCUT2D eigenvalue weighted by Gasteiger charge is -2.50. The Morgan fingerprint density at radius 1 is 0.836 bits per heavy atom. The average Bonchev–Trinajstić information content (AvgIpc) is 3.57. The molecule has 2 fully saturated rings. The van der Waals surface area contributed by atoms with E-state index < -0.39 is 23.5 Å². The highest BCUT2D eigenvalue weighted by molar-refractivity contribution is 5.82. The van der Waals surface area contributed by atoms with Crippen molar-refractivity contribution in [2.45, 2.75) is 237 Å². The quantitative estimate of drug-likeness (QED) is 0.0386. The smallest absolute Gasteiger partial charge is 0.350 e. The lowest BCUT2D eigenvalue weighted by atomic mass is 9.80. The van der Waals surface area contributed by atoms with Crippen LogP contribution in [-0.2, 0) is 42.9 Å². The van der Waals surface area contributed by atoms with Crippen LogP contribution in [0.4, 0.5) is 0 Å². The molecular weight excluding hydrogens is 876 g/mol. The number of carbonyl (C=O) groups is 5. The van der Waals surface area contributed by atoms with Crippen LogP contribution in [0.2, 0.25) is 0 Å². The first-order valence-electron chi connectivity index (χ1n) is 26.2. The Morgan fingerprint density at radius 3 is 2.13 bits per heavy atom. The summed E-state index contributed by atoms with van der Waals surface area (Å²) in [5.41, 5.74) is -1.20. The van der Waals surface area contributed by atoms with Gasteiger partial charge >= 0.3 is 17.9 Å². The Balaban J connectivity index is 0.00000980. The van der Waals surface area contributed by atoms with Gasteiger partial charge in [0.05, 0.1) is 37.4 Å². The number of halogens is 1. The van der Waals surface area contributed by atoms with E-state index in [1.165, 1.54) is 59.3 Å². The molecule has 8 atom stereocenters. The summed E-state index contributed by atoms with van der Waals surface area (Å²) in [5, 5.41) is 13.2. The van der Waals surface area contributed by atoms with E-state index in [1.54, 1.807) is 4.90 Å². The fourth-order valence-corrected chi connectivity index (χ4v) is 11.1. The summed E-state index contributed by atoms with van der Waals surface area (Å²) in [6.45, 7) is 10.5. The average molecular weight is 964 g/mol. The van der Waals surface area contributed by atoms with Crippen molar-refractivity contribution in [3.8, 4) is 0 Å². The summed E-state index contributed by atoms with van der Waals surface area (Å²) in [5.74, 6) is -0.194.